The Labute approximate surface area is 222 Å². The highest BCUT2D eigenvalue weighted by atomic mass is 32.1. The summed E-state index contributed by atoms with van der Waals surface area (Å²) in [6.07, 6.45) is 0. The molecule has 0 N–H and O–H groups in total. The molecule has 0 unspecified atom stereocenters. The van der Waals surface area contributed by atoms with E-state index in [0.29, 0.717) is 0 Å². The molecule has 0 aliphatic carbocycles. The zero-order valence-electron chi connectivity index (χ0n) is 20.4. The molecule has 0 atom stereocenters. The first kappa shape index (κ1) is 20.4. The van der Waals surface area contributed by atoms with Gasteiger partial charge in [-0.25, -0.2) is 0 Å². The van der Waals surface area contributed by atoms with Gasteiger partial charge in [-0.2, -0.15) is 0 Å². The second kappa shape index (κ2) is 7.44. The van der Waals surface area contributed by atoms with Crippen LogP contribution in [0.5, 0.6) is 0 Å². The third kappa shape index (κ3) is 2.60. The molecule has 0 spiro atoms. The third-order valence-corrected chi connectivity index (χ3v) is 9.22. The second-order valence-corrected chi connectivity index (χ2v) is 11.1. The molecule has 9 aromatic rings. The van der Waals surface area contributed by atoms with E-state index >= 15 is 0 Å². The molecule has 2 heteroatoms. The number of hydrogen-bond acceptors (Lipinski definition) is 2. The molecule has 0 radical (unpaired) electrons. The molecule has 0 saturated heterocycles. The molecule has 38 heavy (non-hydrogen) atoms. The summed E-state index contributed by atoms with van der Waals surface area (Å²) in [4.78, 5) is 0. The first-order valence-corrected chi connectivity index (χ1v) is 13.8. The van der Waals surface area contributed by atoms with E-state index < -0.39 is 0 Å². The Kier molecular flexibility index (Phi) is 3.99. The SMILES string of the molecule is c1ccc(-c2ccc(-c3c4oc5cccc6c7ccccc7c(c7sc8ccccc8c37)c4c56)cc2)cc1. The number of benzene rings is 7. The maximum Gasteiger partial charge on any atom is 0.144 e. The van der Waals surface area contributed by atoms with E-state index in [4.69, 9.17) is 4.42 Å². The van der Waals surface area contributed by atoms with Crippen LogP contribution in [0, 0.1) is 0 Å². The van der Waals surface area contributed by atoms with Crippen LogP contribution in [-0.4, -0.2) is 0 Å². The summed E-state index contributed by atoms with van der Waals surface area (Å²) < 4.78 is 9.46. The summed E-state index contributed by atoms with van der Waals surface area (Å²) >= 11 is 1.90. The van der Waals surface area contributed by atoms with Crippen LogP contribution in [-0.2, 0) is 0 Å². The molecule has 0 saturated carbocycles. The fourth-order valence-corrected chi connectivity index (χ4v) is 7.69. The van der Waals surface area contributed by atoms with E-state index in [1.165, 1.54) is 74.7 Å². The van der Waals surface area contributed by atoms with Crippen molar-refractivity contribution in [3.63, 3.8) is 0 Å². The summed E-state index contributed by atoms with van der Waals surface area (Å²) in [7, 11) is 0. The summed E-state index contributed by atoms with van der Waals surface area (Å²) in [5.41, 5.74) is 6.76. The van der Waals surface area contributed by atoms with E-state index in [1.54, 1.807) is 0 Å². The summed E-state index contributed by atoms with van der Waals surface area (Å²) in [6.45, 7) is 0. The normalized spacial score (nSPS) is 12.2. The molecule has 7 aromatic carbocycles. The molecule has 176 valence electrons. The first-order chi connectivity index (χ1) is 18.9. The fourth-order valence-electron chi connectivity index (χ4n) is 6.41. The molecule has 2 aromatic heterocycles. The van der Waals surface area contributed by atoms with Crippen molar-refractivity contribution in [2.45, 2.75) is 0 Å². The van der Waals surface area contributed by atoms with Crippen molar-refractivity contribution in [2.75, 3.05) is 0 Å². The lowest BCUT2D eigenvalue weighted by Crippen LogP contribution is -1.87. The van der Waals surface area contributed by atoms with Gasteiger partial charge in [0.05, 0.1) is 0 Å². The lowest BCUT2D eigenvalue weighted by Gasteiger charge is -2.13. The van der Waals surface area contributed by atoms with Crippen molar-refractivity contribution in [2.24, 2.45) is 0 Å². The Balaban J connectivity index is 1.51. The highest BCUT2D eigenvalue weighted by molar-refractivity contribution is 7.27. The first-order valence-electron chi connectivity index (χ1n) is 12.9. The highest BCUT2D eigenvalue weighted by Gasteiger charge is 2.25. The maximum atomic E-state index is 6.82. The average Bonchev–Trinajstić information content (AvgIpc) is 3.56. The topological polar surface area (TPSA) is 13.1 Å². The molecule has 2 heterocycles. The smallest absolute Gasteiger partial charge is 0.144 e. The molecule has 0 aliphatic rings. The van der Waals surface area contributed by atoms with Crippen LogP contribution in [0.2, 0.25) is 0 Å². The summed E-state index contributed by atoms with van der Waals surface area (Å²) in [5, 5.41) is 10.2. The van der Waals surface area contributed by atoms with Crippen molar-refractivity contribution in [3.8, 4) is 22.3 Å². The average molecular weight is 501 g/mol. The van der Waals surface area contributed by atoms with E-state index in [-0.39, 0.29) is 0 Å². The van der Waals surface area contributed by atoms with Crippen LogP contribution in [0.1, 0.15) is 0 Å². The number of fused-ring (bicyclic) bond motifs is 7. The van der Waals surface area contributed by atoms with Crippen molar-refractivity contribution in [1.29, 1.82) is 0 Å². The number of rotatable bonds is 2. The molecule has 1 nitrogen and oxygen atoms in total. The van der Waals surface area contributed by atoms with Gasteiger partial charge in [0.2, 0.25) is 0 Å². The minimum atomic E-state index is 0.956. The minimum Gasteiger partial charge on any atom is -0.455 e. The highest BCUT2D eigenvalue weighted by Crippen LogP contribution is 2.53. The lowest BCUT2D eigenvalue weighted by molar-refractivity contribution is 0.671. The van der Waals surface area contributed by atoms with Gasteiger partial charge in [-0.15, -0.1) is 11.3 Å². The maximum absolute atomic E-state index is 6.82. The monoisotopic (exact) mass is 500 g/mol. The standard InChI is InChI=1S/C36H20OS/c1-2-9-21(10-3-1)22-17-19-23(20-18-22)30-33-27-13-6-7-16-29(27)38-36(33)32-26-12-5-4-11-24(26)25-14-8-15-28-31(25)34(32)35(30)37-28/h1-20H. The van der Waals surface area contributed by atoms with Crippen LogP contribution >= 0.6 is 11.3 Å². The predicted octanol–water partition coefficient (Wildman–Crippen LogP) is 11.0. The molecule has 0 bridgehead atoms. The molecular formula is C36H20OS. The van der Waals surface area contributed by atoms with Crippen LogP contribution in [0.25, 0.3) is 85.9 Å². The van der Waals surface area contributed by atoms with Crippen molar-refractivity contribution in [3.05, 3.63) is 121 Å². The molecule has 9 rings (SSSR count). The van der Waals surface area contributed by atoms with Crippen molar-refractivity contribution >= 4 is 75.0 Å². The van der Waals surface area contributed by atoms with E-state index in [2.05, 4.69) is 121 Å². The van der Waals surface area contributed by atoms with Gasteiger partial charge in [-0.05, 0) is 45.0 Å². The molecular weight excluding hydrogens is 480 g/mol. The summed E-state index contributed by atoms with van der Waals surface area (Å²) in [5.74, 6) is 0. The Morgan fingerprint density at radius 3 is 1.89 bits per heavy atom. The quantitative estimate of drug-likeness (QED) is 0.215. The van der Waals surface area contributed by atoms with E-state index in [9.17, 15) is 0 Å². The van der Waals surface area contributed by atoms with Gasteiger partial charge in [-0.3, -0.25) is 0 Å². The van der Waals surface area contributed by atoms with Gasteiger partial charge in [-0.1, -0.05) is 109 Å². The van der Waals surface area contributed by atoms with Gasteiger partial charge in [0.25, 0.3) is 0 Å². The van der Waals surface area contributed by atoms with Crippen molar-refractivity contribution < 1.29 is 4.42 Å². The van der Waals surface area contributed by atoms with Gasteiger partial charge in [0.1, 0.15) is 11.2 Å². The Hall–Kier alpha value is -4.66. The van der Waals surface area contributed by atoms with Gasteiger partial charge in [0.15, 0.2) is 0 Å². The lowest BCUT2D eigenvalue weighted by atomic mass is 9.89. The van der Waals surface area contributed by atoms with Crippen molar-refractivity contribution in [1.82, 2.24) is 0 Å². The number of hydrogen-bond donors (Lipinski definition) is 0. The minimum absolute atomic E-state index is 0.956. The van der Waals surface area contributed by atoms with Gasteiger partial charge < -0.3 is 4.42 Å². The second-order valence-electron chi connectivity index (χ2n) is 10.0. The van der Waals surface area contributed by atoms with Gasteiger partial charge >= 0.3 is 0 Å². The largest absolute Gasteiger partial charge is 0.455 e. The fraction of sp³-hybridized carbons (Fsp3) is 0. The zero-order valence-corrected chi connectivity index (χ0v) is 21.2. The van der Waals surface area contributed by atoms with Crippen LogP contribution in [0.4, 0.5) is 0 Å². The van der Waals surface area contributed by atoms with Gasteiger partial charge in [0, 0.05) is 41.9 Å². The predicted molar refractivity (Wildman–Crippen MR) is 164 cm³/mol. The number of furan rings is 1. The van der Waals surface area contributed by atoms with Crippen LogP contribution < -0.4 is 0 Å². The Morgan fingerprint density at radius 1 is 0.421 bits per heavy atom. The zero-order chi connectivity index (χ0) is 24.8. The Morgan fingerprint density at radius 2 is 1.05 bits per heavy atom. The molecule has 0 fully saturated rings. The third-order valence-electron chi connectivity index (χ3n) is 8.03. The Bertz CT molecular complexity index is 2320. The van der Waals surface area contributed by atoms with E-state index in [1.807, 2.05) is 11.3 Å². The number of thiophene rings is 1. The molecule has 0 aliphatic heterocycles. The van der Waals surface area contributed by atoms with Crippen LogP contribution in [0.3, 0.4) is 0 Å². The van der Waals surface area contributed by atoms with Crippen LogP contribution in [0.15, 0.2) is 126 Å². The molecule has 0 amide bonds. The van der Waals surface area contributed by atoms with E-state index in [0.717, 1.165) is 11.2 Å². The summed E-state index contributed by atoms with van der Waals surface area (Å²) in [6, 6.07) is 43.7.